The van der Waals surface area contributed by atoms with Gasteiger partial charge in [0.2, 0.25) is 31.9 Å². The summed E-state index contributed by atoms with van der Waals surface area (Å²) < 4.78 is 57.6. The average Bonchev–Trinajstić information content (AvgIpc) is 2.94. The van der Waals surface area contributed by atoms with Gasteiger partial charge in [0.05, 0.1) is 22.9 Å². The van der Waals surface area contributed by atoms with E-state index >= 15 is 0 Å². The summed E-state index contributed by atoms with van der Waals surface area (Å²) in [5.41, 5.74) is 1.88. The van der Waals surface area contributed by atoms with Gasteiger partial charge in [-0.15, -0.1) is 0 Å². The minimum atomic E-state index is -3.87. The van der Waals surface area contributed by atoms with E-state index in [2.05, 4.69) is 10.6 Å². The number of fused-ring (bicyclic) bond motifs is 6. The third kappa shape index (κ3) is 8.36. The van der Waals surface area contributed by atoms with E-state index in [0.717, 1.165) is 11.1 Å². The van der Waals surface area contributed by atoms with Crippen molar-refractivity contribution in [2.45, 2.75) is 23.6 Å². The molecule has 2 aliphatic heterocycles. The fourth-order valence-electron chi connectivity index (χ4n) is 4.90. The maximum absolute atomic E-state index is 13.7. The molecule has 12 nitrogen and oxygen atoms in total. The first-order valence-corrected chi connectivity index (χ1v) is 16.9. The number of nitrogens with one attached hydrogen (secondary N) is 2. The molecule has 0 atom stereocenters. The van der Waals surface area contributed by atoms with Crippen molar-refractivity contribution >= 4 is 31.9 Å². The molecule has 0 radical (unpaired) electrons. The van der Waals surface area contributed by atoms with Gasteiger partial charge in [-0.1, -0.05) is 35.4 Å². The monoisotopic (exact) mass is 620 g/mol. The molecule has 2 N–H and O–H groups in total. The maximum Gasteiger partial charge on any atom is 0.243 e. The molecule has 0 unspecified atom stereocenters. The van der Waals surface area contributed by atoms with E-state index in [1.54, 1.807) is 58.3 Å². The molecular formula is C28H40N6O6S2. The van der Waals surface area contributed by atoms with Crippen molar-refractivity contribution in [3.63, 3.8) is 0 Å². The van der Waals surface area contributed by atoms with Gasteiger partial charge in [0.15, 0.2) is 0 Å². The van der Waals surface area contributed by atoms with Crippen LogP contribution in [0.25, 0.3) is 0 Å². The first-order chi connectivity index (χ1) is 19.9. The van der Waals surface area contributed by atoms with E-state index in [0.29, 0.717) is 0 Å². The van der Waals surface area contributed by atoms with Crippen LogP contribution in [0.3, 0.4) is 0 Å². The lowest BCUT2D eigenvalue weighted by Crippen LogP contribution is -2.50. The zero-order valence-corrected chi connectivity index (χ0v) is 25.8. The first kappa shape index (κ1) is 32.0. The maximum atomic E-state index is 13.7. The van der Waals surface area contributed by atoms with E-state index in [9.17, 15) is 26.4 Å². The molecule has 2 aliphatic rings. The van der Waals surface area contributed by atoms with Gasteiger partial charge < -0.3 is 10.6 Å². The quantitative estimate of drug-likeness (QED) is 0.450. The average molecular weight is 621 g/mol. The van der Waals surface area contributed by atoms with Crippen LogP contribution >= 0.6 is 0 Å². The molecule has 230 valence electrons. The minimum Gasteiger partial charge on any atom is -0.353 e. The van der Waals surface area contributed by atoms with Gasteiger partial charge >= 0.3 is 0 Å². The van der Waals surface area contributed by atoms with Crippen molar-refractivity contribution in [2.24, 2.45) is 0 Å². The second kappa shape index (κ2) is 14.1. The Kier molecular flexibility index (Phi) is 10.7. The van der Waals surface area contributed by atoms with E-state index in [1.165, 1.54) is 8.61 Å². The Balaban J connectivity index is 1.68. The lowest BCUT2D eigenvalue weighted by molar-refractivity contribution is -0.123. The summed E-state index contributed by atoms with van der Waals surface area (Å²) in [7, 11) is -7.74. The Hall–Kier alpha value is -2.88. The van der Waals surface area contributed by atoms with Crippen molar-refractivity contribution < 1.29 is 26.4 Å². The zero-order valence-electron chi connectivity index (χ0n) is 24.2. The van der Waals surface area contributed by atoms with Crippen LogP contribution in [0, 0.1) is 13.8 Å². The van der Waals surface area contributed by atoms with Crippen LogP contribution in [0.1, 0.15) is 11.1 Å². The van der Waals surface area contributed by atoms with Crippen LogP contribution in [0.15, 0.2) is 58.3 Å². The van der Waals surface area contributed by atoms with Gasteiger partial charge in [0, 0.05) is 65.4 Å². The van der Waals surface area contributed by atoms with Gasteiger partial charge in [-0.2, -0.15) is 8.61 Å². The summed E-state index contributed by atoms with van der Waals surface area (Å²) in [5.74, 6) is -0.590. The summed E-state index contributed by atoms with van der Waals surface area (Å²) in [4.78, 5) is 29.5. The van der Waals surface area contributed by atoms with Crippen LogP contribution in [0.2, 0.25) is 0 Å². The van der Waals surface area contributed by atoms with Crippen molar-refractivity contribution in [3.8, 4) is 0 Å². The molecule has 2 amide bonds. The highest BCUT2D eigenvalue weighted by Crippen LogP contribution is 2.19. The molecule has 2 aromatic rings. The molecule has 0 spiro atoms. The third-order valence-electron chi connectivity index (χ3n) is 7.48. The minimum absolute atomic E-state index is 0.0447. The molecule has 14 heteroatoms. The molecule has 2 heterocycles. The highest BCUT2D eigenvalue weighted by Gasteiger charge is 2.30. The fourth-order valence-corrected chi connectivity index (χ4v) is 7.74. The van der Waals surface area contributed by atoms with E-state index in [1.807, 2.05) is 13.8 Å². The molecule has 2 bridgehead atoms. The molecule has 2 saturated heterocycles. The highest BCUT2D eigenvalue weighted by atomic mass is 32.2. The number of carbonyl (C=O) groups is 2. The van der Waals surface area contributed by atoms with Gasteiger partial charge in [-0.25, -0.2) is 16.8 Å². The van der Waals surface area contributed by atoms with Gasteiger partial charge in [0.1, 0.15) is 0 Å². The lowest BCUT2D eigenvalue weighted by atomic mass is 10.2. The molecule has 0 aliphatic carbocycles. The van der Waals surface area contributed by atoms with Gasteiger partial charge in [0.25, 0.3) is 0 Å². The third-order valence-corrected chi connectivity index (χ3v) is 11.3. The predicted octanol–water partition coefficient (Wildman–Crippen LogP) is -0.151. The number of hydrogen-bond acceptors (Lipinski definition) is 8. The van der Waals surface area contributed by atoms with E-state index < -0.39 is 20.0 Å². The first-order valence-electron chi connectivity index (χ1n) is 14.1. The second-order valence-corrected chi connectivity index (χ2v) is 14.6. The smallest absolute Gasteiger partial charge is 0.243 e. The van der Waals surface area contributed by atoms with Crippen LogP contribution < -0.4 is 10.6 Å². The predicted molar refractivity (Wildman–Crippen MR) is 159 cm³/mol. The Morgan fingerprint density at radius 2 is 0.833 bits per heavy atom. The topological polar surface area (TPSA) is 139 Å². The van der Waals surface area contributed by atoms with Crippen molar-refractivity contribution in [1.29, 1.82) is 0 Å². The number of rotatable bonds is 4. The number of benzene rings is 2. The summed E-state index contributed by atoms with van der Waals surface area (Å²) in [6.45, 7) is 5.41. The molecule has 2 fully saturated rings. The number of sulfonamides is 2. The second-order valence-electron chi connectivity index (χ2n) is 10.7. The fraction of sp³-hybridized carbons (Fsp3) is 0.500. The van der Waals surface area contributed by atoms with Crippen molar-refractivity contribution in [2.75, 3.05) is 78.5 Å². The number of amides is 2. The molecular weight excluding hydrogens is 580 g/mol. The highest BCUT2D eigenvalue weighted by molar-refractivity contribution is 7.89. The summed E-state index contributed by atoms with van der Waals surface area (Å²) >= 11 is 0. The van der Waals surface area contributed by atoms with Crippen molar-refractivity contribution in [1.82, 2.24) is 29.0 Å². The van der Waals surface area contributed by atoms with E-state index in [4.69, 9.17) is 0 Å². The molecule has 0 saturated carbocycles. The lowest BCUT2D eigenvalue weighted by Gasteiger charge is -2.33. The Bertz CT molecular complexity index is 1320. The Labute approximate surface area is 248 Å². The molecule has 42 heavy (non-hydrogen) atoms. The van der Waals surface area contributed by atoms with Gasteiger partial charge in [-0.3, -0.25) is 19.4 Å². The van der Waals surface area contributed by atoms with Crippen LogP contribution in [0.5, 0.6) is 0 Å². The number of nitrogens with zero attached hydrogens (tertiary/aromatic N) is 4. The van der Waals surface area contributed by atoms with E-state index in [-0.39, 0.29) is 100 Å². The summed E-state index contributed by atoms with van der Waals surface area (Å²) in [5, 5.41) is 5.56. The SMILES string of the molecule is Cc1ccc(S(=O)(=O)N2CCN3CCN(S(=O)(=O)c4ccc(C)cc4)CCN(CC2)CC(=O)NCCNC(=O)C3)cc1. The summed E-state index contributed by atoms with van der Waals surface area (Å²) in [6, 6.07) is 13.3. The van der Waals surface area contributed by atoms with Crippen LogP contribution in [-0.4, -0.2) is 126 Å². The zero-order chi connectivity index (χ0) is 30.3. The molecule has 4 rings (SSSR count). The Morgan fingerprint density at radius 3 is 1.14 bits per heavy atom. The number of aryl methyl sites for hydroxylation is 2. The standard InChI is InChI=1S/C28H40N6O6S2/c1-23-3-7-25(8-4-23)41(37,38)33-17-13-31-15-19-34(42(39,40)26-9-5-24(2)6-10-26)20-16-32(14-18-33)22-28(36)30-12-11-29-27(35)21-31/h3-10H,11-22H2,1-2H3,(H,29,35)(H,30,36). The van der Waals surface area contributed by atoms with Crippen LogP contribution in [-0.2, 0) is 29.6 Å². The largest absolute Gasteiger partial charge is 0.353 e. The Morgan fingerprint density at radius 1 is 0.524 bits per heavy atom. The normalized spacial score (nSPS) is 23.0. The molecule has 2 aromatic carbocycles. The summed E-state index contributed by atoms with van der Waals surface area (Å²) in [6.07, 6.45) is 0. The number of carbonyl (C=O) groups excluding carboxylic acids is 2. The van der Waals surface area contributed by atoms with Crippen LogP contribution in [0.4, 0.5) is 0 Å². The van der Waals surface area contributed by atoms with Gasteiger partial charge in [-0.05, 0) is 38.1 Å². The van der Waals surface area contributed by atoms with Crippen molar-refractivity contribution in [3.05, 3.63) is 59.7 Å². The number of hydrogen-bond donors (Lipinski definition) is 2. The molecule has 0 aromatic heterocycles.